The second kappa shape index (κ2) is 7.24. The molecule has 1 unspecified atom stereocenters. The highest BCUT2D eigenvalue weighted by Gasteiger charge is 2.28. The third-order valence-electron chi connectivity index (χ3n) is 2.74. The molecule has 0 aliphatic carbocycles. The van der Waals surface area contributed by atoms with E-state index in [9.17, 15) is 9.59 Å². The van der Waals surface area contributed by atoms with Gasteiger partial charge in [0.15, 0.2) is 0 Å². The summed E-state index contributed by atoms with van der Waals surface area (Å²) in [7, 11) is 0. The van der Waals surface area contributed by atoms with Crippen molar-refractivity contribution in [1.29, 1.82) is 0 Å². The predicted molar refractivity (Wildman–Crippen MR) is 61.2 cm³/mol. The molecule has 1 amide bonds. The molecule has 2 N–H and O–H groups in total. The van der Waals surface area contributed by atoms with Crippen LogP contribution in [0.5, 0.6) is 0 Å². The average Bonchev–Trinajstić information content (AvgIpc) is 2.73. The van der Waals surface area contributed by atoms with E-state index in [4.69, 9.17) is 15.2 Å². The van der Waals surface area contributed by atoms with Gasteiger partial charge in [-0.3, -0.25) is 9.69 Å². The van der Waals surface area contributed by atoms with Gasteiger partial charge in [-0.2, -0.15) is 0 Å². The third kappa shape index (κ3) is 4.70. The fourth-order valence-electron chi connectivity index (χ4n) is 1.96. The number of nitrogens with zero attached hydrogens (tertiary/aromatic N) is 1. The number of rotatable bonds is 7. The van der Waals surface area contributed by atoms with Gasteiger partial charge < -0.3 is 15.2 Å². The molecular formula is C11H20N2O4. The van der Waals surface area contributed by atoms with Gasteiger partial charge in [-0.05, 0) is 26.3 Å². The van der Waals surface area contributed by atoms with Crippen LogP contribution in [0, 0.1) is 0 Å². The predicted octanol–water partition coefficient (Wildman–Crippen LogP) is -0.484. The van der Waals surface area contributed by atoms with Gasteiger partial charge in [-0.1, -0.05) is 0 Å². The summed E-state index contributed by atoms with van der Waals surface area (Å²) < 4.78 is 9.89. The Labute approximate surface area is 101 Å². The van der Waals surface area contributed by atoms with Gasteiger partial charge in [-0.25, -0.2) is 4.79 Å². The molecule has 0 aromatic rings. The van der Waals surface area contributed by atoms with Crippen LogP contribution in [0.3, 0.4) is 0 Å². The minimum absolute atomic E-state index is 0.0388. The summed E-state index contributed by atoms with van der Waals surface area (Å²) in [6.45, 7) is 3.95. The van der Waals surface area contributed by atoms with Crippen molar-refractivity contribution in [2.45, 2.75) is 25.8 Å². The first-order valence-electron chi connectivity index (χ1n) is 5.92. The highest BCUT2D eigenvalue weighted by atomic mass is 16.6. The van der Waals surface area contributed by atoms with Gasteiger partial charge in [0.05, 0.1) is 19.3 Å². The number of primary amides is 1. The van der Waals surface area contributed by atoms with E-state index in [0.29, 0.717) is 19.8 Å². The maximum atomic E-state index is 11.1. The van der Waals surface area contributed by atoms with E-state index in [0.717, 1.165) is 19.4 Å². The number of nitrogens with two attached hydrogens (primary N) is 1. The fraction of sp³-hybridized carbons (Fsp3) is 0.818. The van der Waals surface area contributed by atoms with Crippen molar-refractivity contribution in [1.82, 2.24) is 4.90 Å². The summed E-state index contributed by atoms with van der Waals surface area (Å²) in [6, 6.07) is -0.179. The van der Waals surface area contributed by atoms with Gasteiger partial charge >= 0.3 is 5.97 Å². The van der Waals surface area contributed by atoms with E-state index in [1.165, 1.54) is 0 Å². The zero-order valence-electron chi connectivity index (χ0n) is 10.2. The molecule has 98 valence electrons. The fourth-order valence-corrected chi connectivity index (χ4v) is 1.96. The van der Waals surface area contributed by atoms with Crippen molar-refractivity contribution in [2.75, 3.05) is 32.9 Å². The zero-order chi connectivity index (χ0) is 12.7. The molecule has 1 saturated heterocycles. The van der Waals surface area contributed by atoms with Crippen LogP contribution >= 0.6 is 0 Å². The minimum atomic E-state index is -0.361. The standard InChI is InChI=1S/C11H20N2O4/c1-2-17-10(14)8-16-7-6-13-5-3-4-9(13)11(12)15/h9H,2-8H2,1H3,(H2,12,15). The molecule has 6 heteroatoms. The molecule has 1 atom stereocenters. The van der Waals surface area contributed by atoms with Crippen molar-refractivity contribution in [3.63, 3.8) is 0 Å². The molecule has 1 rings (SSSR count). The van der Waals surface area contributed by atoms with Crippen LogP contribution in [0.2, 0.25) is 0 Å². The van der Waals surface area contributed by atoms with Crippen molar-refractivity contribution >= 4 is 11.9 Å². The molecule has 1 fully saturated rings. The molecule has 1 aliphatic rings. The van der Waals surface area contributed by atoms with E-state index in [1.54, 1.807) is 6.92 Å². The number of hydrogen-bond acceptors (Lipinski definition) is 5. The van der Waals surface area contributed by atoms with E-state index < -0.39 is 0 Å². The Morgan fingerprint density at radius 1 is 1.47 bits per heavy atom. The number of ether oxygens (including phenoxy) is 2. The van der Waals surface area contributed by atoms with Crippen molar-refractivity contribution in [3.05, 3.63) is 0 Å². The van der Waals surface area contributed by atoms with E-state index in [-0.39, 0.29) is 24.5 Å². The number of carbonyl (C=O) groups excluding carboxylic acids is 2. The lowest BCUT2D eigenvalue weighted by atomic mass is 10.2. The lowest BCUT2D eigenvalue weighted by Crippen LogP contribution is -2.41. The second-order valence-electron chi connectivity index (χ2n) is 3.95. The first kappa shape index (κ1) is 13.9. The van der Waals surface area contributed by atoms with Gasteiger partial charge in [0, 0.05) is 6.54 Å². The van der Waals surface area contributed by atoms with Crippen molar-refractivity contribution in [2.24, 2.45) is 5.73 Å². The summed E-state index contributed by atoms with van der Waals surface area (Å²) in [5, 5.41) is 0. The molecule has 1 heterocycles. The van der Waals surface area contributed by atoms with Crippen LogP contribution < -0.4 is 5.73 Å². The molecule has 0 spiro atoms. The smallest absolute Gasteiger partial charge is 0.332 e. The van der Waals surface area contributed by atoms with Gasteiger partial charge in [0.25, 0.3) is 0 Å². The second-order valence-corrected chi connectivity index (χ2v) is 3.95. The van der Waals surface area contributed by atoms with Crippen molar-refractivity contribution in [3.8, 4) is 0 Å². The number of likely N-dealkylation sites (tertiary alicyclic amines) is 1. The SMILES string of the molecule is CCOC(=O)COCCN1CCCC1C(N)=O. The zero-order valence-corrected chi connectivity index (χ0v) is 10.2. The monoisotopic (exact) mass is 244 g/mol. The van der Waals surface area contributed by atoms with Crippen LogP contribution in [0.15, 0.2) is 0 Å². The Morgan fingerprint density at radius 2 is 2.24 bits per heavy atom. The van der Waals surface area contributed by atoms with E-state index >= 15 is 0 Å². The summed E-state index contributed by atoms with van der Waals surface area (Å²) in [4.78, 5) is 24.1. The topological polar surface area (TPSA) is 81.9 Å². The van der Waals surface area contributed by atoms with E-state index in [2.05, 4.69) is 0 Å². The number of hydrogen-bond donors (Lipinski definition) is 1. The van der Waals surface area contributed by atoms with Crippen LogP contribution in [-0.4, -0.2) is 55.7 Å². The van der Waals surface area contributed by atoms with Crippen LogP contribution in [0.25, 0.3) is 0 Å². The highest BCUT2D eigenvalue weighted by Crippen LogP contribution is 2.15. The van der Waals surface area contributed by atoms with Crippen LogP contribution in [0.4, 0.5) is 0 Å². The Kier molecular flexibility index (Phi) is 5.93. The van der Waals surface area contributed by atoms with Crippen molar-refractivity contribution < 1.29 is 19.1 Å². The molecule has 1 aliphatic heterocycles. The first-order chi connectivity index (χ1) is 8.15. The quantitative estimate of drug-likeness (QED) is 0.483. The number of carbonyl (C=O) groups is 2. The number of esters is 1. The summed E-state index contributed by atoms with van der Waals surface area (Å²) >= 11 is 0. The van der Waals surface area contributed by atoms with E-state index in [1.807, 2.05) is 4.90 Å². The largest absolute Gasteiger partial charge is 0.464 e. The molecule has 0 aromatic heterocycles. The van der Waals surface area contributed by atoms with Crippen LogP contribution in [-0.2, 0) is 19.1 Å². The van der Waals surface area contributed by atoms with Crippen LogP contribution in [0.1, 0.15) is 19.8 Å². The lowest BCUT2D eigenvalue weighted by molar-refractivity contribution is -0.148. The molecule has 17 heavy (non-hydrogen) atoms. The molecule has 0 aromatic carbocycles. The van der Waals surface area contributed by atoms with Gasteiger partial charge in [0.2, 0.25) is 5.91 Å². The van der Waals surface area contributed by atoms with Gasteiger partial charge in [-0.15, -0.1) is 0 Å². The summed E-state index contributed by atoms with van der Waals surface area (Å²) in [5.41, 5.74) is 5.28. The molecular weight excluding hydrogens is 224 g/mol. The lowest BCUT2D eigenvalue weighted by Gasteiger charge is -2.21. The Bertz CT molecular complexity index is 270. The van der Waals surface area contributed by atoms with Gasteiger partial charge in [0.1, 0.15) is 6.61 Å². The summed E-state index contributed by atoms with van der Waals surface area (Å²) in [6.07, 6.45) is 1.79. The number of amides is 1. The maximum Gasteiger partial charge on any atom is 0.332 e. The average molecular weight is 244 g/mol. The molecule has 0 saturated carbocycles. The third-order valence-corrected chi connectivity index (χ3v) is 2.74. The Balaban J connectivity index is 2.14. The Morgan fingerprint density at radius 3 is 2.88 bits per heavy atom. The first-order valence-corrected chi connectivity index (χ1v) is 5.92. The highest BCUT2D eigenvalue weighted by molar-refractivity contribution is 5.80. The molecule has 0 bridgehead atoms. The summed E-state index contributed by atoms with van der Waals surface area (Å²) in [5.74, 6) is -0.645. The Hall–Kier alpha value is -1.14. The molecule has 0 radical (unpaired) electrons. The minimum Gasteiger partial charge on any atom is -0.464 e. The normalized spacial score (nSPS) is 20.4. The molecule has 6 nitrogen and oxygen atoms in total. The maximum absolute atomic E-state index is 11.1.